The first-order valence-electron chi connectivity index (χ1n) is 7.76. The van der Waals surface area contributed by atoms with Crippen LogP contribution in [0.4, 0.5) is 5.69 Å². The highest BCUT2D eigenvalue weighted by molar-refractivity contribution is 7.88. The van der Waals surface area contributed by atoms with Crippen molar-refractivity contribution in [3.63, 3.8) is 0 Å². The topological polar surface area (TPSA) is 75.7 Å². The number of anilines is 1. The maximum Gasteiger partial charge on any atom is 0.225 e. The minimum atomic E-state index is -3.29. The van der Waals surface area contributed by atoms with Crippen LogP contribution in [0.1, 0.15) is 32.6 Å². The minimum Gasteiger partial charge on any atom is -0.497 e. The highest BCUT2D eigenvalue weighted by atomic mass is 32.2. The monoisotopic (exact) mass is 342 g/mol. The zero-order chi connectivity index (χ0) is 17.3. The normalized spacial score (nSPS) is 11.5. The molecular weight excluding hydrogens is 316 g/mol. The van der Waals surface area contributed by atoms with E-state index in [1.807, 2.05) is 0 Å². The number of carbonyl (C=O) groups is 1. The number of hydrogen-bond donors (Lipinski definition) is 1. The summed E-state index contributed by atoms with van der Waals surface area (Å²) >= 11 is 0. The molecule has 1 N–H and O–H groups in total. The van der Waals surface area contributed by atoms with Crippen LogP contribution < -0.4 is 10.1 Å². The number of nitrogens with one attached hydrogen (secondary N) is 1. The molecule has 0 aliphatic heterocycles. The summed E-state index contributed by atoms with van der Waals surface area (Å²) in [5, 5.41) is 2.75. The molecule has 6 nitrogen and oxygen atoms in total. The first-order chi connectivity index (χ1) is 10.9. The van der Waals surface area contributed by atoms with Gasteiger partial charge in [-0.2, -0.15) is 0 Å². The summed E-state index contributed by atoms with van der Waals surface area (Å²) in [6.45, 7) is 2.72. The van der Waals surface area contributed by atoms with Crippen LogP contribution in [0.2, 0.25) is 0 Å². The second kappa shape index (κ2) is 9.52. The Hall–Kier alpha value is -1.60. The van der Waals surface area contributed by atoms with Crippen molar-refractivity contribution in [3.05, 3.63) is 24.3 Å². The SMILES string of the molecule is CCCCCN(CCC(=O)Nc1ccc(OC)cc1)S(C)(=O)=O. The molecule has 0 saturated carbocycles. The fourth-order valence-corrected chi connectivity index (χ4v) is 2.99. The molecule has 1 amide bonds. The molecule has 1 aromatic rings. The molecule has 0 radical (unpaired) electrons. The van der Waals surface area contributed by atoms with Gasteiger partial charge in [0.1, 0.15) is 5.75 Å². The van der Waals surface area contributed by atoms with Gasteiger partial charge in [-0.25, -0.2) is 12.7 Å². The molecule has 0 aromatic heterocycles. The summed E-state index contributed by atoms with van der Waals surface area (Å²) in [7, 11) is -1.71. The summed E-state index contributed by atoms with van der Waals surface area (Å²) in [4.78, 5) is 12.0. The van der Waals surface area contributed by atoms with E-state index in [9.17, 15) is 13.2 Å². The number of nitrogens with zero attached hydrogens (tertiary/aromatic N) is 1. The van der Waals surface area contributed by atoms with Crippen molar-refractivity contribution < 1.29 is 17.9 Å². The van der Waals surface area contributed by atoms with Gasteiger partial charge in [0, 0.05) is 25.2 Å². The molecule has 1 aromatic carbocycles. The van der Waals surface area contributed by atoms with Crippen molar-refractivity contribution in [1.29, 1.82) is 0 Å². The molecule has 0 fully saturated rings. The lowest BCUT2D eigenvalue weighted by molar-refractivity contribution is -0.116. The molecule has 0 heterocycles. The number of ether oxygens (including phenoxy) is 1. The lowest BCUT2D eigenvalue weighted by atomic mass is 10.2. The van der Waals surface area contributed by atoms with Gasteiger partial charge in [-0.05, 0) is 30.7 Å². The molecular formula is C16H26N2O4S. The summed E-state index contributed by atoms with van der Waals surface area (Å²) in [6.07, 6.45) is 4.12. The lowest BCUT2D eigenvalue weighted by Gasteiger charge is -2.19. The zero-order valence-electron chi connectivity index (χ0n) is 14.0. The van der Waals surface area contributed by atoms with Gasteiger partial charge < -0.3 is 10.1 Å². The molecule has 0 bridgehead atoms. The Morgan fingerprint density at radius 2 is 1.83 bits per heavy atom. The summed E-state index contributed by atoms with van der Waals surface area (Å²) in [5.74, 6) is 0.501. The van der Waals surface area contributed by atoms with Gasteiger partial charge in [0.25, 0.3) is 0 Å². The van der Waals surface area contributed by atoms with Crippen LogP contribution in [0.3, 0.4) is 0 Å². The molecule has 0 saturated heterocycles. The Morgan fingerprint density at radius 1 is 1.17 bits per heavy atom. The molecule has 0 aliphatic rings. The van der Waals surface area contributed by atoms with E-state index < -0.39 is 10.0 Å². The van der Waals surface area contributed by atoms with E-state index in [-0.39, 0.29) is 18.9 Å². The van der Waals surface area contributed by atoms with E-state index in [0.717, 1.165) is 19.3 Å². The standard InChI is InChI=1S/C16H26N2O4S/c1-4-5-6-12-18(23(3,20)21)13-11-16(19)17-14-7-9-15(22-2)10-8-14/h7-10H,4-6,11-13H2,1-3H3,(H,17,19). The van der Waals surface area contributed by atoms with Crippen LogP contribution in [-0.4, -0.2) is 45.1 Å². The second-order valence-corrected chi connectivity index (χ2v) is 7.38. The second-order valence-electron chi connectivity index (χ2n) is 5.40. The van der Waals surface area contributed by atoms with Crippen molar-refractivity contribution >= 4 is 21.6 Å². The molecule has 130 valence electrons. The van der Waals surface area contributed by atoms with Crippen molar-refractivity contribution in [1.82, 2.24) is 4.31 Å². The van der Waals surface area contributed by atoms with Gasteiger partial charge in [0.15, 0.2) is 0 Å². The molecule has 0 aliphatic carbocycles. The molecule has 23 heavy (non-hydrogen) atoms. The molecule has 7 heteroatoms. The Kier molecular flexibility index (Phi) is 8.05. The number of methoxy groups -OCH3 is 1. The largest absolute Gasteiger partial charge is 0.497 e. The third kappa shape index (κ3) is 7.47. The summed E-state index contributed by atoms with van der Waals surface area (Å²) < 4.78 is 29.9. The van der Waals surface area contributed by atoms with Crippen LogP contribution >= 0.6 is 0 Å². The Labute approximate surface area is 138 Å². The number of hydrogen-bond acceptors (Lipinski definition) is 4. The summed E-state index contributed by atoms with van der Waals surface area (Å²) in [5.41, 5.74) is 0.660. The van der Waals surface area contributed by atoms with E-state index in [2.05, 4.69) is 12.2 Å². The number of carbonyl (C=O) groups excluding carboxylic acids is 1. The quantitative estimate of drug-likeness (QED) is 0.663. The first kappa shape index (κ1) is 19.4. The van der Waals surface area contributed by atoms with Crippen LogP contribution in [-0.2, 0) is 14.8 Å². The predicted molar refractivity (Wildman–Crippen MR) is 92.2 cm³/mol. The fourth-order valence-electron chi connectivity index (χ4n) is 2.11. The zero-order valence-corrected chi connectivity index (χ0v) is 14.9. The number of amides is 1. The highest BCUT2D eigenvalue weighted by Gasteiger charge is 2.17. The maximum atomic E-state index is 12.0. The Morgan fingerprint density at radius 3 is 2.35 bits per heavy atom. The van der Waals surface area contributed by atoms with Crippen molar-refractivity contribution in [2.75, 3.05) is 31.8 Å². The van der Waals surface area contributed by atoms with E-state index in [1.165, 1.54) is 10.6 Å². The van der Waals surface area contributed by atoms with E-state index in [0.29, 0.717) is 18.0 Å². The van der Waals surface area contributed by atoms with E-state index in [4.69, 9.17) is 4.74 Å². The molecule has 0 spiro atoms. The van der Waals surface area contributed by atoms with Crippen LogP contribution in [0.25, 0.3) is 0 Å². The van der Waals surface area contributed by atoms with Gasteiger partial charge in [0.2, 0.25) is 15.9 Å². The van der Waals surface area contributed by atoms with Gasteiger partial charge in [-0.3, -0.25) is 4.79 Å². The third-order valence-corrected chi connectivity index (χ3v) is 4.75. The first-order valence-corrected chi connectivity index (χ1v) is 9.60. The molecule has 1 rings (SSSR count). The fraction of sp³-hybridized carbons (Fsp3) is 0.562. The average molecular weight is 342 g/mol. The van der Waals surface area contributed by atoms with Crippen LogP contribution in [0.5, 0.6) is 5.75 Å². The Bertz CT molecular complexity index is 585. The number of unbranched alkanes of at least 4 members (excludes halogenated alkanes) is 2. The van der Waals surface area contributed by atoms with Gasteiger partial charge in [-0.1, -0.05) is 19.8 Å². The summed E-state index contributed by atoms with van der Waals surface area (Å²) in [6, 6.07) is 6.99. The van der Waals surface area contributed by atoms with E-state index in [1.54, 1.807) is 31.4 Å². The predicted octanol–water partition coefficient (Wildman–Crippen LogP) is 2.48. The van der Waals surface area contributed by atoms with Gasteiger partial charge >= 0.3 is 0 Å². The number of sulfonamides is 1. The Balaban J connectivity index is 2.50. The number of benzene rings is 1. The van der Waals surface area contributed by atoms with Gasteiger partial charge in [-0.15, -0.1) is 0 Å². The maximum absolute atomic E-state index is 12.0. The smallest absolute Gasteiger partial charge is 0.225 e. The molecule has 0 atom stereocenters. The van der Waals surface area contributed by atoms with Crippen molar-refractivity contribution in [3.8, 4) is 5.75 Å². The highest BCUT2D eigenvalue weighted by Crippen LogP contribution is 2.15. The van der Waals surface area contributed by atoms with Gasteiger partial charge in [0.05, 0.1) is 13.4 Å². The molecule has 0 unspecified atom stereocenters. The average Bonchev–Trinajstić information content (AvgIpc) is 2.50. The minimum absolute atomic E-state index is 0.130. The lowest BCUT2D eigenvalue weighted by Crippen LogP contribution is -2.33. The van der Waals surface area contributed by atoms with Crippen LogP contribution in [0, 0.1) is 0 Å². The van der Waals surface area contributed by atoms with E-state index >= 15 is 0 Å². The third-order valence-electron chi connectivity index (χ3n) is 3.44. The number of rotatable bonds is 10. The van der Waals surface area contributed by atoms with Crippen molar-refractivity contribution in [2.24, 2.45) is 0 Å². The van der Waals surface area contributed by atoms with Crippen molar-refractivity contribution in [2.45, 2.75) is 32.6 Å². The van der Waals surface area contributed by atoms with Crippen LogP contribution in [0.15, 0.2) is 24.3 Å².